The van der Waals surface area contributed by atoms with E-state index in [9.17, 15) is 9.59 Å². The Balaban J connectivity index is 2.05. The molecule has 0 bridgehead atoms. The molecule has 1 amide bonds. The Morgan fingerprint density at radius 1 is 1.20 bits per heavy atom. The van der Waals surface area contributed by atoms with Crippen molar-refractivity contribution in [1.29, 1.82) is 0 Å². The van der Waals surface area contributed by atoms with E-state index in [1.807, 2.05) is 37.3 Å². The van der Waals surface area contributed by atoms with E-state index in [0.29, 0.717) is 12.2 Å². The Morgan fingerprint density at radius 3 is 2.65 bits per heavy atom. The van der Waals surface area contributed by atoms with Crippen molar-refractivity contribution in [1.82, 2.24) is 4.57 Å². The third kappa shape index (κ3) is 3.68. The standard InChI is InChI=1S/C16H16N2O2/c1-2-18-12-14(9-11-16(18)20)17-15(19)10-8-13-6-4-3-5-7-13/h3-12H,2H2,1H3,(H,17,19)/b10-8+. The van der Waals surface area contributed by atoms with Gasteiger partial charge < -0.3 is 9.88 Å². The summed E-state index contributed by atoms with van der Waals surface area (Å²) in [5, 5.41) is 2.73. The Bertz CT molecular complexity index is 672. The molecule has 4 heteroatoms. The highest BCUT2D eigenvalue weighted by molar-refractivity contribution is 6.01. The zero-order valence-corrected chi connectivity index (χ0v) is 11.2. The summed E-state index contributed by atoms with van der Waals surface area (Å²) in [4.78, 5) is 23.2. The summed E-state index contributed by atoms with van der Waals surface area (Å²) in [5.41, 5.74) is 1.49. The van der Waals surface area contributed by atoms with Gasteiger partial charge in [0.1, 0.15) is 0 Å². The molecule has 0 aliphatic rings. The molecule has 1 aromatic carbocycles. The van der Waals surface area contributed by atoms with Crippen LogP contribution >= 0.6 is 0 Å². The predicted molar refractivity (Wildman–Crippen MR) is 80.5 cm³/mol. The minimum absolute atomic E-state index is 0.0784. The number of aryl methyl sites for hydroxylation is 1. The first-order valence-electron chi connectivity index (χ1n) is 6.43. The lowest BCUT2D eigenvalue weighted by molar-refractivity contribution is -0.111. The topological polar surface area (TPSA) is 51.1 Å². The summed E-state index contributed by atoms with van der Waals surface area (Å²) in [6, 6.07) is 12.6. The molecule has 0 spiro atoms. The molecule has 0 atom stereocenters. The molecule has 2 aromatic rings. The zero-order chi connectivity index (χ0) is 14.4. The molecule has 1 N–H and O–H groups in total. The third-order valence-corrected chi connectivity index (χ3v) is 2.82. The second kappa shape index (κ2) is 6.52. The molecule has 0 saturated carbocycles. The lowest BCUT2D eigenvalue weighted by atomic mass is 10.2. The number of hydrogen-bond donors (Lipinski definition) is 1. The van der Waals surface area contributed by atoms with Gasteiger partial charge in [-0.3, -0.25) is 9.59 Å². The van der Waals surface area contributed by atoms with Gasteiger partial charge >= 0.3 is 0 Å². The summed E-state index contributed by atoms with van der Waals surface area (Å²) < 4.78 is 1.54. The summed E-state index contributed by atoms with van der Waals surface area (Å²) in [5.74, 6) is -0.227. The average molecular weight is 268 g/mol. The Hall–Kier alpha value is -2.62. The van der Waals surface area contributed by atoms with Gasteiger partial charge in [0.2, 0.25) is 5.91 Å². The quantitative estimate of drug-likeness (QED) is 0.866. The van der Waals surface area contributed by atoms with Crippen molar-refractivity contribution in [2.75, 3.05) is 5.32 Å². The van der Waals surface area contributed by atoms with Gasteiger partial charge in [-0.2, -0.15) is 0 Å². The minimum Gasteiger partial charge on any atom is -0.321 e. The maximum Gasteiger partial charge on any atom is 0.250 e. The molecule has 0 unspecified atom stereocenters. The van der Waals surface area contributed by atoms with Crippen molar-refractivity contribution >= 4 is 17.7 Å². The van der Waals surface area contributed by atoms with Gasteiger partial charge in [0.05, 0.1) is 5.69 Å². The highest BCUT2D eigenvalue weighted by Gasteiger charge is 2.00. The number of aromatic nitrogens is 1. The number of amides is 1. The van der Waals surface area contributed by atoms with Crippen LogP contribution in [0.2, 0.25) is 0 Å². The number of rotatable bonds is 4. The van der Waals surface area contributed by atoms with Crippen LogP contribution in [0.4, 0.5) is 5.69 Å². The fraction of sp³-hybridized carbons (Fsp3) is 0.125. The molecule has 0 fully saturated rings. The van der Waals surface area contributed by atoms with Crippen LogP contribution in [0, 0.1) is 0 Å². The second-order valence-electron chi connectivity index (χ2n) is 4.28. The molecule has 102 valence electrons. The van der Waals surface area contributed by atoms with Gasteiger partial charge in [-0.05, 0) is 24.6 Å². The summed E-state index contributed by atoms with van der Waals surface area (Å²) in [6.45, 7) is 2.45. The van der Waals surface area contributed by atoms with Crippen LogP contribution in [-0.4, -0.2) is 10.5 Å². The number of nitrogens with zero attached hydrogens (tertiary/aromatic N) is 1. The number of pyridine rings is 1. The van der Waals surface area contributed by atoms with Crippen LogP contribution in [0.5, 0.6) is 0 Å². The Morgan fingerprint density at radius 2 is 1.95 bits per heavy atom. The van der Waals surface area contributed by atoms with Crippen molar-refractivity contribution in [3.63, 3.8) is 0 Å². The van der Waals surface area contributed by atoms with Crippen LogP contribution in [0.15, 0.2) is 59.5 Å². The molecule has 1 aromatic heterocycles. The van der Waals surface area contributed by atoms with Gasteiger partial charge in [-0.25, -0.2) is 0 Å². The van der Waals surface area contributed by atoms with E-state index < -0.39 is 0 Å². The van der Waals surface area contributed by atoms with Crippen LogP contribution in [0.1, 0.15) is 12.5 Å². The lowest BCUT2D eigenvalue weighted by Crippen LogP contribution is -2.19. The van der Waals surface area contributed by atoms with E-state index in [1.165, 1.54) is 16.7 Å². The minimum atomic E-state index is -0.227. The summed E-state index contributed by atoms with van der Waals surface area (Å²) in [6.07, 6.45) is 4.85. The van der Waals surface area contributed by atoms with E-state index in [1.54, 1.807) is 18.3 Å². The molecular formula is C16H16N2O2. The van der Waals surface area contributed by atoms with Gasteiger partial charge in [-0.1, -0.05) is 30.3 Å². The highest BCUT2D eigenvalue weighted by Crippen LogP contribution is 2.05. The number of anilines is 1. The molecule has 0 radical (unpaired) electrons. The summed E-state index contributed by atoms with van der Waals surface area (Å²) in [7, 11) is 0. The van der Waals surface area contributed by atoms with Crippen LogP contribution < -0.4 is 10.9 Å². The molecule has 0 aliphatic carbocycles. The van der Waals surface area contributed by atoms with E-state index in [4.69, 9.17) is 0 Å². The van der Waals surface area contributed by atoms with E-state index in [2.05, 4.69) is 5.32 Å². The first-order valence-corrected chi connectivity index (χ1v) is 6.43. The third-order valence-electron chi connectivity index (χ3n) is 2.82. The van der Waals surface area contributed by atoms with Crippen molar-refractivity contribution in [2.45, 2.75) is 13.5 Å². The number of nitrogens with one attached hydrogen (secondary N) is 1. The molecule has 0 aliphatic heterocycles. The van der Waals surface area contributed by atoms with E-state index in [-0.39, 0.29) is 11.5 Å². The SMILES string of the molecule is CCn1cc(NC(=O)/C=C/c2ccccc2)ccc1=O. The number of benzene rings is 1. The molecule has 1 heterocycles. The number of hydrogen-bond acceptors (Lipinski definition) is 2. The normalized spacial score (nSPS) is 10.7. The predicted octanol–water partition coefficient (Wildman–Crippen LogP) is 2.52. The molecule has 2 rings (SSSR count). The second-order valence-corrected chi connectivity index (χ2v) is 4.28. The van der Waals surface area contributed by atoms with Crippen molar-refractivity contribution in [3.05, 3.63) is 70.7 Å². The maximum atomic E-state index is 11.8. The monoisotopic (exact) mass is 268 g/mol. The fourth-order valence-corrected chi connectivity index (χ4v) is 1.77. The van der Waals surface area contributed by atoms with Gasteiger partial charge in [0, 0.05) is 24.9 Å². The van der Waals surface area contributed by atoms with E-state index >= 15 is 0 Å². The fourth-order valence-electron chi connectivity index (χ4n) is 1.77. The zero-order valence-electron chi connectivity index (χ0n) is 11.2. The highest BCUT2D eigenvalue weighted by atomic mass is 16.1. The van der Waals surface area contributed by atoms with Crippen molar-refractivity contribution in [2.24, 2.45) is 0 Å². The number of carbonyl (C=O) groups is 1. The smallest absolute Gasteiger partial charge is 0.250 e. The number of carbonyl (C=O) groups excluding carboxylic acids is 1. The van der Waals surface area contributed by atoms with Crippen LogP contribution in [0.3, 0.4) is 0 Å². The molecule has 0 saturated heterocycles. The van der Waals surface area contributed by atoms with Gasteiger partial charge in [0.15, 0.2) is 0 Å². The van der Waals surface area contributed by atoms with Crippen LogP contribution in [0.25, 0.3) is 6.08 Å². The molecular weight excluding hydrogens is 252 g/mol. The maximum absolute atomic E-state index is 11.8. The summed E-state index contributed by atoms with van der Waals surface area (Å²) >= 11 is 0. The van der Waals surface area contributed by atoms with Gasteiger partial charge in [0.25, 0.3) is 5.56 Å². The van der Waals surface area contributed by atoms with E-state index in [0.717, 1.165) is 5.56 Å². The molecule has 20 heavy (non-hydrogen) atoms. The van der Waals surface area contributed by atoms with Crippen molar-refractivity contribution in [3.8, 4) is 0 Å². The first-order chi connectivity index (χ1) is 9.69. The Kier molecular flexibility index (Phi) is 4.50. The molecule has 4 nitrogen and oxygen atoms in total. The average Bonchev–Trinajstić information content (AvgIpc) is 2.48. The first kappa shape index (κ1) is 13.8. The Labute approximate surface area is 117 Å². The lowest BCUT2D eigenvalue weighted by Gasteiger charge is -2.05. The van der Waals surface area contributed by atoms with Crippen molar-refractivity contribution < 1.29 is 4.79 Å². The largest absolute Gasteiger partial charge is 0.321 e. The van der Waals surface area contributed by atoms with Gasteiger partial charge in [-0.15, -0.1) is 0 Å². The van der Waals surface area contributed by atoms with Crippen LogP contribution in [-0.2, 0) is 11.3 Å².